The summed E-state index contributed by atoms with van der Waals surface area (Å²) in [6, 6.07) is 74.5. The van der Waals surface area contributed by atoms with E-state index in [0.717, 1.165) is 71.7 Å². The third-order valence-electron chi connectivity index (χ3n) is 12.4. The summed E-state index contributed by atoms with van der Waals surface area (Å²) in [6.45, 7) is 0. The third-order valence-corrected chi connectivity index (χ3v) is 12.4. The number of aromatic nitrogens is 3. The first kappa shape index (κ1) is 33.4. The second-order valence-electron chi connectivity index (χ2n) is 15.5. The Morgan fingerprint density at radius 3 is 1.88 bits per heavy atom. The molecule has 3 heterocycles. The largest absolute Gasteiger partial charge is 0.254 e. The normalized spacial score (nSPS) is 12.9. The van der Waals surface area contributed by atoms with E-state index in [4.69, 9.17) is 9.97 Å². The smallest absolute Gasteiger partial charge is 0.0972 e. The molecule has 11 aromatic rings. The summed E-state index contributed by atoms with van der Waals surface area (Å²) < 4.78 is 0. The lowest BCUT2D eigenvalue weighted by atomic mass is 9.67. The maximum Gasteiger partial charge on any atom is 0.0972 e. The van der Waals surface area contributed by atoms with E-state index >= 15 is 0 Å². The maximum atomic E-state index is 5.43. The van der Waals surface area contributed by atoms with Gasteiger partial charge in [-0.3, -0.25) is 4.98 Å². The van der Waals surface area contributed by atoms with E-state index in [0.29, 0.717) is 0 Å². The second-order valence-corrected chi connectivity index (χ2v) is 15.5. The molecule has 0 saturated heterocycles. The molecule has 1 aliphatic carbocycles. The van der Waals surface area contributed by atoms with Crippen LogP contribution in [-0.2, 0) is 5.41 Å². The minimum atomic E-state index is -0.480. The van der Waals surface area contributed by atoms with Crippen LogP contribution >= 0.6 is 0 Å². The lowest BCUT2D eigenvalue weighted by Crippen LogP contribution is -2.28. The monoisotopic (exact) mass is 749 g/mol. The summed E-state index contributed by atoms with van der Waals surface area (Å²) in [5, 5.41) is 5.72. The molecule has 274 valence electrons. The molecule has 0 aliphatic heterocycles. The SMILES string of the molecule is c1ccc(C2(c3ccccc3)c3ccccc3-c3c2ccc2c(-c4cccc(-c5ccc(-c6ccc7ccc8cccnc8c7n6)cc5)c4)nc4ccccc4c32)cc1. The molecule has 0 N–H and O–H groups in total. The minimum Gasteiger partial charge on any atom is -0.254 e. The van der Waals surface area contributed by atoms with Gasteiger partial charge in [-0.05, 0) is 68.8 Å². The molecule has 0 unspecified atom stereocenters. The summed E-state index contributed by atoms with van der Waals surface area (Å²) in [7, 11) is 0. The number of rotatable bonds is 5. The zero-order valence-corrected chi connectivity index (χ0v) is 32.0. The maximum absolute atomic E-state index is 5.43. The Labute approximate surface area is 342 Å². The van der Waals surface area contributed by atoms with Crippen LogP contribution in [0.15, 0.2) is 212 Å². The quantitative estimate of drug-likeness (QED) is 0.165. The number of pyridine rings is 3. The second kappa shape index (κ2) is 13.2. The predicted octanol–water partition coefficient (Wildman–Crippen LogP) is 13.8. The summed E-state index contributed by atoms with van der Waals surface area (Å²) in [5.74, 6) is 0. The van der Waals surface area contributed by atoms with Gasteiger partial charge >= 0.3 is 0 Å². The van der Waals surface area contributed by atoms with Crippen LogP contribution in [0.1, 0.15) is 22.3 Å². The van der Waals surface area contributed by atoms with Crippen molar-refractivity contribution in [2.45, 2.75) is 5.41 Å². The average Bonchev–Trinajstić information content (AvgIpc) is 3.63. The number of hydrogen-bond donors (Lipinski definition) is 0. The van der Waals surface area contributed by atoms with E-state index in [9.17, 15) is 0 Å². The lowest BCUT2D eigenvalue weighted by molar-refractivity contribution is 0.769. The van der Waals surface area contributed by atoms with Crippen molar-refractivity contribution >= 4 is 43.5 Å². The third kappa shape index (κ3) is 5.05. The van der Waals surface area contributed by atoms with Crippen molar-refractivity contribution in [1.82, 2.24) is 15.0 Å². The van der Waals surface area contributed by atoms with Crippen LogP contribution in [0.4, 0.5) is 0 Å². The standard InChI is InChI=1S/C56H35N3/c1-3-16-42(17-4-1)56(43-18-5-2-6-19-43)47-22-9-7-20-44(47)52-48(56)32-31-46-51(52)45-21-8-10-23-50(45)59-53(46)41-14-11-13-40(35-41)36-24-26-37(27-25-36)49-33-30-39-29-28-38-15-12-34-57-54(38)55(39)58-49/h1-35H. The first-order valence-electron chi connectivity index (χ1n) is 20.2. The van der Waals surface area contributed by atoms with Gasteiger partial charge in [-0.1, -0.05) is 182 Å². The van der Waals surface area contributed by atoms with Crippen LogP contribution in [-0.4, -0.2) is 15.0 Å². The van der Waals surface area contributed by atoms with Crippen molar-refractivity contribution in [3.63, 3.8) is 0 Å². The zero-order chi connectivity index (χ0) is 38.9. The molecule has 0 atom stereocenters. The highest BCUT2D eigenvalue weighted by Gasteiger charge is 2.46. The van der Waals surface area contributed by atoms with Gasteiger partial charge in [0.05, 0.1) is 33.4 Å². The average molecular weight is 750 g/mol. The van der Waals surface area contributed by atoms with Gasteiger partial charge in [0.2, 0.25) is 0 Å². The molecular formula is C56H35N3. The van der Waals surface area contributed by atoms with Crippen LogP contribution in [0.3, 0.4) is 0 Å². The first-order valence-corrected chi connectivity index (χ1v) is 20.2. The fraction of sp³-hybridized carbons (Fsp3) is 0.0179. The lowest BCUT2D eigenvalue weighted by Gasteiger charge is -2.34. The zero-order valence-electron chi connectivity index (χ0n) is 32.0. The van der Waals surface area contributed by atoms with Crippen LogP contribution in [0.5, 0.6) is 0 Å². The molecular weight excluding hydrogens is 715 g/mol. The van der Waals surface area contributed by atoms with Crippen molar-refractivity contribution in [2.24, 2.45) is 0 Å². The molecule has 0 fully saturated rings. The molecule has 0 bridgehead atoms. The van der Waals surface area contributed by atoms with Gasteiger partial charge in [-0.25, -0.2) is 9.97 Å². The van der Waals surface area contributed by atoms with E-state index in [2.05, 4.69) is 205 Å². The molecule has 59 heavy (non-hydrogen) atoms. The van der Waals surface area contributed by atoms with E-state index in [1.807, 2.05) is 12.3 Å². The molecule has 12 rings (SSSR count). The Bertz CT molecular complexity index is 3390. The van der Waals surface area contributed by atoms with Gasteiger partial charge in [0, 0.05) is 44.3 Å². The van der Waals surface area contributed by atoms with E-state index in [1.165, 1.54) is 38.8 Å². The molecule has 3 nitrogen and oxygen atoms in total. The Hall–Kier alpha value is -7.75. The molecule has 3 heteroatoms. The van der Waals surface area contributed by atoms with Gasteiger partial charge < -0.3 is 0 Å². The highest BCUT2D eigenvalue weighted by atomic mass is 14.8. The van der Waals surface area contributed by atoms with Crippen molar-refractivity contribution in [3.05, 3.63) is 235 Å². The van der Waals surface area contributed by atoms with Crippen LogP contribution in [0.2, 0.25) is 0 Å². The highest BCUT2D eigenvalue weighted by molar-refractivity contribution is 6.19. The minimum absolute atomic E-state index is 0.480. The Morgan fingerprint density at radius 2 is 1.07 bits per heavy atom. The topological polar surface area (TPSA) is 38.7 Å². The van der Waals surface area contributed by atoms with Crippen molar-refractivity contribution in [3.8, 4) is 44.8 Å². The van der Waals surface area contributed by atoms with Crippen molar-refractivity contribution < 1.29 is 0 Å². The molecule has 8 aromatic carbocycles. The number of hydrogen-bond acceptors (Lipinski definition) is 3. The van der Waals surface area contributed by atoms with Crippen molar-refractivity contribution in [1.29, 1.82) is 0 Å². The van der Waals surface area contributed by atoms with Gasteiger partial charge in [0.25, 0.3) is 0 Å². The van der Waals surface area contributed by atoms with Crippen LogP contribution in [0.25, 0.3) is 88.2 Å². The summed E-state index contributed by atoms with van der Waals surface area (Å²) in [5.41, 5.74) is 16.4. The number of para-hydroxylation sites is 1. The van der Waals surface area contributed by atoms with Gasteiger partial charge in [0.15, 0.2) is 0 Å². The molecule has 0 amide bonds. The Kier molecular flexibility index (Phi) is 7.45. The molecule has 1 aliphatic rings. The Morgan fingerprint density at radius 1 is 0.390 bits per heavy atom. The molecule has 3 aromatic heterocycles. The van der Waals surface area contributed by atoms with Crippen LogP contribution < -0.4 is 0 Å². The number of benzene rings is 8. The molecule has 0 saturated carbocycles. The van der Waals surface area contributed by atoms with Gasteiger partial charge in [-0.15, -0.1) is 0 Å². The fourth-order valence-electron chi connectivity index (χ4n) is 9.76. The number of fused-ring (bicyclic) bond motifs is 10. The van der Waals surface area contributed by atoms with Crippen LogP contribution in [0, 0.1) is 0 Å². The fourth-order valence-corrected chi connectivity index (χ4v) is 9.76. The highest BCUT2D eigenvalue weighted by Crippen LogP contribution is 2.58. The van der Waals surface area contributed by atoms with Crippen molar-refractivity contribution in [2.75, 3.05) is 0 Å². The van der Waals surface area contributed by atoms with E-state index < -0.39 is 5.41 Å². The van der Waals surface area contributed by atoms with E-state index in [-0.39, 0.29) is 0 Å². The first-order chi connectivity index (χ1) is 29.3. The molecule has 0 spiro atoms. The van der Waals surface area contributed by atoms with E-state index in [1.54, 1.807) is 0 Å². The summed E-state index contributed by atoms with van der Waals surface area (Å²) in [6.07, 6.45) is 1.84. The predicted molar refractivity (Wildman–Crippen MR) is 243 cm³/mol. The Balaban J connectivity index is 1.02. The van der Waals surface area contributed by atoms with Gasteiger partial charge in [0.1, 0.15) is 0 Å². The number of nitrogens with zero attached hydrogens (tertiary/aromatic N) is 3. The summed E-state index contributed by atoms with van der Waals surface area (Å²) >= 11 is 0. The van der Waals surface area contributed by atoms with Gasteiger partial charge in [-0.2, -0.15) is 0 Å². The summed E-state index contributed by atoms with van der Waals surface area (Å²) in [4.78, 5) is 15.2. The molecule has 0 radical (unpaired) electrons.